The third-order valence-corrected chi connectivity index (χ3v) is 7.13. The molecule has 0 spiro atoms. The maximum absolute atomic E-state index is 13.3. The van der Waals surface area contributed by atoms with Gasteiger partial charge in [0.25, 0.3) is 0 Å². The van der Waals surface area contributed by atoms with Gasteiger partial charge in [-0.25, -0.2) is 4.79 Å². The van der Waals surface area contributed by atoms with E-state index in [1.165, 1.54) is 26.4 Å². The van der Waals surface area contributed by atoms with E-state index in [9.17, 15) is 9.59 Å². The van der Waals surface area contributed by atoms with Gasteiger partial charge in [0.1, 0.15) is 6.04 Å². The van der Waals surface area contributed by atoms with Crippen molar-refractivity contribution in [2.45, 2.75) is 51.0 Å². The summed E-state index contributed by atoms with van der Waals surface area (Å²) in [7, 11) is 1.38. The minimum Gasteiger partial charge on any atom is -0.467 e. The Bertz CT molecular complexity index is 682. The summed E-state index contributed by atoms with van der Waals surface area (Å²) < 4.78 is 5.93. The smallest absolute Gasteiger partial charge is 0.328 e. The third-order valence-electron chi connectivity index (χ3n) is 6.64. The fourth-order valence-corrected chi connectivity index (χ4v) is 6.38. The Labute approximate surface area is 163 Å². The Morgan fingerprint density at radius 2 is 1.81 bits per heavy atom. The number of nitrogens with one attached hydrogen (secondary N) is 1. The van der Waals surface area contributed by atoms with E-state index in [1.807, 2.05) is 24.3 Å². The lowest BCUT2D eigenvalue weighted by atomic mass is 9.49. The summed E-state index contributed by atoms with van der Waals surface area (Å²) >= 11 is 3.46. The van der Waals surface area contributed by atoms with Gasteiger partial charge in [-0.05, 0) is 74.0 Å². The van der Waals surface area contributed by atoms with Crippen LogP contribution in [0.4, 0.5) is 0 Å². The van der Waals surface area contributed by atoms with E-state index >= 15 is 0 Å². The molecule has 1 N–H and O–H groups in total. The molecular formula is C21H26BrNO3. The molecule has 0 heterocycles. The van der Waals surface area contributed by atoms with Gasteiger partial charge < -0.3 is 10.1 Å². The number of ether oxygens (including phenoxy) is 1. The summed E-state index contributed by atoms with van der Waals surface area (Å²) in [5.74, 6) is 1.81. The minimum absolute atomic E-state index is 0.0713. The van der Waals surface area contributed by atoms with Crippen molar-refractivity contribution in [2.75, 3.05) is 7.11 Å². The number of amides is 1. The standard InChI is InChI=1S/C21H26BrNO3/c1-26-19(24)18(9-13-3-2-4-17(22)8-13)23-20(25)21-10-14-5-15(11-21)7-16(6-14)12-21/h2-4,8,14-16,18H,5-7,9-12H2,1H3,(H,23,25)/t14?,15?,16?,18-,21?/m1/s1. The number of hydrogen-bond acceptors (Lipinski definition) is 3. The SMILES string of the molecule is COC(=O)[C@@H](Cc1cccc(Br)c1)NC(=O)C12CC3CC(CC(C3)C1)C2. The summed E-state index contributed by atoms with van der Waals surface area (Å²) in [6, 6.07) is 7.21. The average molecular weight is 420 g/mol. The topological polar surface area (TPSA) is 55.4 Å². The second-order valence-electron chi connectivity index (χ2n) is 8.58. The van der Waals surface area contributed by atoms with E-state index in [0.29, 0.717) is 24.2 Å². The predicted molar refractivity (Wildman–Crippen MR) is 102 cm³/mol. The van der Waals surface area contributed by atoms with Gasteiger partial charge in [0.2, 0.25) is 5.91 Å². The molecule has 1 amide bonds. The Kier molecular flexibility index (Phi) is 4.84. The van der Waals surface area contributed by atoms with E-state index in [2.05, 4.69) is 21.2 Å². The molecule has 4 saturated carbocycles. The molecule has 140 valence electrons. The van der Waals surface area contributed by atoms with Gasteiger partial charge in [0, 0.05) is 16.3 Å². The van der Waals surface area contributed by atoms with Crippen LogP contribution in [0.25, 0.3) is 0 Å². The molecule has 26 heavy (non-hydrogen) atoms. The Morgan fingerprint density at radius 1 is 1.19 bits per heavy atom. The molecule has 4 fully saturated rings. The normalized spacial score (nSPS) is 32.9. The maximum Gasteiger partial charge on any atom is 0.328 e. The molecule has 0 aliphatic heterocycles. The van der Waals surface area contributed by atoms with Gasteiger partial charge in [0.05, 0.1) is 7.11 Å². The molecule has 0 radical (unpaired) electrons. The van der Waals surface area contributed by atoms with Crippen molar-refractivity contribution in [3.05, 3.63) is 34.3 Å². The molecule has 4 bridgehead atoms. The number of hydrogen-bond donors (Lipinski definition) is 1. The third kappa shape index (κ3) is 3.42. The molecule has 1 aromatic carbocycles. The van der Waals surface area contributed by atoms with Crippen LogP contribution in [0, 0.1) is 23.2 Å². The monoisotopic (exact) mass is 419 g/mol. The molecule has 0 saturated heterocycles. The van der Waals surface area contributed by atoms with Crippen molar-refractivity contribution >= 4 is 27.8 Å². The summed E-state index contributed by atoms with van der Waals surface area (Å²) in [5.41, 5.74) is 0.749. The first-order valence-corrected chi connectivity index (χ1v) is 10.4. The largest absolute Gasteiger partial charge is 0.467 e. The fraction of sp³-hybridized carbons (Fsp3) is 0.619. The van der Waals surface area contributed by atoms with Gasteiger partial charge in [-0.15, -0.1) is 0 Å². The molecule has 4 aliphatic rings. The van der Waals surface area contributed by atoms with Gasteiger partial charge in [-0.1, -0.05) is 28.1 Å². The number of rotatable bonds is 5. The predicted octanol–water partition coefficient (Wildman–Crippen LogP) is 3.87. The van der Waals surface area contributed by atoms with Crippen LogP contribution in [-0.4, -0.2) is 25.0 Å². The minimum atomic E-state index is -0.630. The Balaban J connectivity index is 1.50. The molecule has 5 heteroatoms. The molecule has 4 aliphatic carbocycles. The number of halogens is 1. The summed E-state index contributed by atoms with van der Waals surface area (Å²) in [5, 5.41) is 3.06. The van der Waals surface area contributed by atoms with E-state index < -0.39 is 6.04 Å². The fourth-order valence-electron chi connectivity index (χ4n) is 5.94. The zero-order valence-electron chi connectivity index (χ0n) is 15.2. The molecular weight excluding hydrogens is 394 g/mol. The van der Waals surface area contributed by atoms with E-state index in [-0.39, 0.29) is 17.3 Å². The van der Waals surface area contributed by atoms with Crippen LogP contribution < -0.4 is 5.32 Å². The first-order valence-electron chi connectivity index (χ1n) is 9.61. The highest BCUT2D eigenvalue weighted by molar-refractivity contribution is 9.10. The van der Waals surface area contributed by atoms with E-state index in [0.717, 1.165) is 29.3 Å². The quantitative estimate of drug-likeness (QED) is 0.736. The Morgan fingerprint density at radius 3 is 2.35 bits per heavy atom. The van der Waals surface area contributed by atoms with Crippen molar-refractivity contribution in [1.29, 1.82) is 0 Å². The molecule has 0 aromatic heterocycles. The summed E-state index contributed by atoms with van der Waals surface area (Å²) in [4.78, 5) is 25.6. The van der Waals surface area contributed by atoms with Crippen LogP contribution in [0.3, 0.4) is 0 Å². The van der Waals surface area contributed by atoms with Crippen molar-refractivity contribution in [1.82, 2.24) is 5.32 Å². The van der Waals surface area contributed by atoms with Gasteiger partial charge >= 0.3 is 5.97 Å². The molecule has 1 atom stereocenters. The van der Waals surface area contributed by atoms with Crippen LogP contribution in [0.15, 0.2) is 28.7 Å². The lowest BCUT2D eigenvalue weighted by Gasteiger charge is -2.55. The van der Waals surface area contributed by atoms with Crippen molar-refractivity contribution in [3.8, 4) is 0 Å². The molecule has 0 unspecified atom stereocenters. The lowest BCUT2D eigenvalue weighted by molar-refractivity contribution is -0.152. The maximum atomic E-state index is 13.3. The van der Waals surface area contributed by atoms with E-state index in [1.54, 1.807) is 0 Å². The van der Waals surface area contributed by atoms with Gasteiger partial charge in [0.15, 0.2) is 0 Å². The van der Waals surface area contributed by atoms with Crippen molar-refractivity contribution < 1.29 is 14.3 Å². The second kappa shape index (κ2) is 6.99. The summed E-state index contributed by atoms with van der Waals surface area (Å²) in [6.45, 7) is 0. The van der Waals surface area contributed by atoms with Crippen LogP contribution in [0.5, 0.6) is 0 Å². The van der Waals surface area contributed by atoms with Gasteiger partial charge in [-0.2, -0.15) is 0 Å². The molecule has 4 nitrogen and oxygen atoms in total. The number of benzene rings is 1. The molecule has 1 aromatic rings. The van der Waals surface area contributed by atoms with Gasteiger partial charge in [-0.3, -0.25) is 4.79 Å². The highest BCUT2D eigenvalue weighted by Crippen LogP contribution is 2.60. The van der Waals surface area contributed by atoms with Crippen molar-refractivity contribution in [3.63, 3.8) is 0 Å². The lowest BCUT2D eigenvalue weighted by Crippen LogP contribution is -2.56. The second-order valence-corrected chi connectivity index (χ2v) is 9.50. The first-order chi connectivity index (χ1) is 12.5. The zero-order valence-corrected chi connectivity index (χ0v) is 16.8. The van der Waals surface area contributed by atoms with Crippen LogP contribution in [0.1, 0.15) is 44.1 Å². The number of carbonyl (C=O) groups is 2. The first kappa shape index (κ1) is 18.0. The highest BCUT2D eigenvalue weighted by Gasteiger charge is 2.55. The van der Waals surface area contributed by atoms with Crippen molar-refractivity contribution in [2.24, 2.45) is 23.2 Å². The van der Waals surface area contributed by atoms with Crippen LogP contribution >= 0.6 is 15.9 Å². The zero-order chi connectivity index (χ0) is 18.3. The number of carbonyl (C=O) groups excluding carboxylic acids is 2. The number of esters is 1. The van der Waals surface area contributed by atoms with Crippen LogP contribution in [0.2, 0.25) is 0 Å². The number of methoxy groups -OCH3 is 1. The van der Waals surface area contributed by atoms with Crippen LogP contribution in [-0.2, 0) is 20.7 Å². The average Bonchev–Trinajstić information content (AvgIpc) is 2.59. The molecule has 5 rings (SSSR count). The highest BCUT2D eigenvalue weighted by atomic mass is 79.9. The summed E-state index contributed by atoms with van der Waals surface area (Å²) in [6.07, 6.45) is 7.33. The van der Waals surface area contributed by atoms with E-state index in [4.69, 9.17) is 4.74 Å². The Hall–Kier alpha value is -1.36.